The second-order valence-electron chi connectivity index (χ2n) is 4.32. The maximum atomic E-state index is 13.7. The van der Waals surface area contributed by atoms with Gasteiger partial charge in [0.1, 0.15) is 17.3 Å². The standard InChI is InChI=1S/C12H16F2N2O2/c1-15(2)4-5-16(3)11-9(13)6-8(12(17)18)7-10(11)14/h6-7H,4-5H2,1-3H3,(H,17,18). The van der Waals surface area contributed by atoms with Gasteiger partial charge >= 0.3 is 5.97 Å². The Labute approximate surface area is 104 Å². The Hall–Kier alpha value is -1.69. The number of carbonyl (C=O) groups is 1. The topological polar surface area (TPSA) is 43.8 Å². The molecule has 18 heavy (non-hydrogen) atoms. The fourth-order valence-electron chi connectivity index (χ4n) is 1.52. The van der Waals surface area contributed by atoms with Crippen LogP contribution in [0.15, 0.2) is 12.1 Å². The van der Waals surface area contributed by atoms with Crippen molar-refractivity contribution in [3.05, 3.63) is 29.3 Å². The highest BCUT2D eigenvalue weighted by Gasteiger charge is 2.17. The number of hydrogen-bond donors (Lipinski definition) is 1. The highest BCUT2D eigenvalue weighted by molar-refractivity contribution is 5.88. The monoisotopic (exact) mass is 258 g/mol. The van der Waals surface area contributed by atoms with E-state index in [-0.39, 0.29) is 5.69 Å². The van der Waals surface area contributed by atoms with Gasteiger partial charge in [0.2, 0.25) is 0 Å². The summed E-state index contributed by atoms with van der Waals surface area (Å²) in [4.78, 5) is 14.0. The molecule has 0 radical (unpaired) electrons. The lowest BCUT2D eigenvalue weighted by molar-refractivity contribution is 0.0696. The van der Waals surface area contributed by atoms with Crippen LogP contribution in [0.25, 0.3) is 0 Å². The Kier molecular flexibility index (Phi) is 4.61. The largest absolute Gasteiger partial charge is 0.478 e. The molecule has 0 bridgehead atoms. The Morgan fingerprint density at radius 1 is 1.17 bits per heavy atom. The van der Waals surface area contributed by atoms with Crippen molar-refractivity contribution in [2.75, 3.05) is 39.1 Å². The van der Waals surface area contributed by atoms with Crippen LogP contribution >= 0.6 is 0 Å². The van der Waals surface area contributed by atoms with Crippen LogP contribution in [-0.4, -0.2) is 50.2 Å². The summed E-state index contributed by atoms with van der Waals surface area (Å²) in [7, 11) is 5.27. The van der Waals surface area contributed by atoms with Crippen LogP contribution in [0.2, 0.25) is 0 Å². The van der Waals surface area contributed by atoms with Crippen molar-refractivity contribution in [2.24, 2.45) is 0 Å². The van der Waals surface area contributed by atoms with Gasteiger partial charge in [0.25, 0.3) is 0 Å². The summed E-state index contributed by atoms with van der Waals surface area (Å²) in [5.74, 6) is -3.09. The zero-order valence-electron chi connectivity index (χ0n) is 10.6. The first-order chi connectivity index (χ1) is 8.32. The Balaban J connectivity index is 2.99. The highest BCUT2D eigenvalue weighted by atomic mass is 19.1. The summed E-state index contributed by atoms with van der Waals surface area (Å²) < 4.78 is 27.4. The summed E-state index contributed by atoms with van der Waals surface area (Å²) in [6.07, 6.45) is 0. The first kappa shape index (κ1) is 14.4. The second-order valence-corrected chi connectivity index (χ2v) is 4.32. The fraction of sp³-hybridized carbons (Fsp3) is 0.417. The minimum absolute atomic E-state index is 0.207. The third-order valence-corrected chi connectivity index (χ3v) is 2.53. The first-order valence-corrected chi connectivity index (χ1v) is 5.41. The van der Waals surface area contributed by atoms with Gasteiger partial charge in [-0.15, -0.1) is 0 Å². The average molecular weight is 258 g/mol. The van der Waals surface area contributed by atoms with Crippen LogP contribution in [0, 0.1) is 11.6 Å². The van der Waals surface area contributed by atoms with Crippen molar-refractivity contribution < 1.29 is 18.7 Å². The Morgan fingerprint density at radius 3 is 2.06 bits per heavy atom. The number of likely N-dealkylation sites (N-methyl/N-ethyl adjacent to an activating group) is 2. The van der Waals surface area contributed by atoms with E-state index in [0.717, 1.165) is 12.1 Å². The van der Waals surface area contributed by atoms with Crippen LogP contribution in [0.4, 0.5) is 14.5 Å². The van der Waals surface area contributed by atoms with E-state index < -0.39 is 23.2 Å². The van der Waals surface area contributed by atoms with E-state index in [1.807, 2.05) is 19.0 Å². The summed E-state index contributed by atoms with van der Waals surface area (Å²) in [5.41, 5.74) is -0.600. The molecule has 0 aliphatic rings. The van der Waals surface area contributed by atoms with Gasteiger partial charge in [-0.25, -0.2) is 13.6 Å². The molecule has 1 aromatic rings. The number of benzene rings is 1. The Bertz CT molecular complexity index is 427. The van der Waals surface area contributed by atoms with Crippen molar-refractivity contribution in [3.8, 4) is 0 Å². The van der Waals surface area contributed by atoms with Gasteiger partial charge in [0.05, 0.1) is 5.56 Å². The van der Waals surface area contributed by atoms with E-state index >= 15 is 0 Å². The van der Waals surface area contributed by atoms with Crippen LogP contribution < -0.4 is 4.90 Å². The predicted molar refractivity (Wildman–Crippen MR) is 65.1 cm³/mol. The molecule has 4 nitrogen and oxygen atoms in total. The van der Waals surface area contributed by atoms with Crippen LogP contribution in [-0.2, 0) is 0 Å². The molecule has 0 aliphatic carbocycles. The van der Waals surface area contributed by atoms with Gasteiger partial charge in [-0.2, -0.15) is 0 Å². The van der Waals surface area contributed by atoms with E-state index in [2.05, 4.69) is 0 Å². The van der Waals surface area contributed by atoms with Gasteiger partial charge in [0.15, 0.2) is 0 Å². The molecule has 0 saturated carbocycles. The molecule has 0 heterocycles. The smallest absolute Gasteiger partial charge is 0.335 e. The number of nitrogens with zero attached hydrogens (tertiary/aromatic N) is 2. The first-order valence-electron chi connectivity index (χ1n) is 5.41. The van der Waals surface area contributed by atoms with E-state index in [0.29, 0.717) is 13.1 Å². The molecule has 0 unspecified atom stereocenters. The summed E-state index contributed by atoms with van der Waals surface area (Å²) in [6, 6.07) is 1.65. The lowest BCUT2D eigenvalue weighted by Gasteiger charge is -2.22. The number of aromatic carboxylic acids is 1. The summed E-state index contributed by atoms with van der Waals surface area (Å²) in [6.45, 7) is 1.07. The zero-order chi connectivity index (χ0) is 13.9. The molecule has 0 aromatic heterocycles. The third-order valence-electron chi connectivity index (χ3n) is 2.53. The fourth-order valence-corrected chi connectivity index (χ4v) is 1.52. The molecule has 0 fully saturated rings. The molecule has 0 amide bonds. The molecule has 1 N–H and O–H groups in total. The Morgan fingerprint density at radius 2 is 1.67 bits per heavy atom. The normalized spacial score (nSPS) is 10.8. The highest BCUT2D eigenvalue weighted by Crippen LogP contribution is 2.24. The molecular formula is C12H16F2N2O2. The molecule has 0 saturated heterocycles. The van der Waals surface area contributed by atoms with E-state index in [4.69, 9.17) is 5.11 Å². The van der Waals surface area contributed by atoms with Crippen LogP contribution in [0.3, 0.4) is 0 Å². The minimum atomic E-state index is -1.35. The number of rotatable bonds is 5. The van der Waals surface area contributed by atoms with Crippen molar-refractivity contribution in [1.82, 2.24) is 4.90 Å². The molecule has 1 rings (SSSR count). The molecule has 0 aliphatic heterocycles. The van der Waals surface area contributed by atoms with Gasteiger partial charge in [-0.05, 0) is 26.2 Å². The summed E-state index contributed by atoms with van der Waals surface area (Å²) >= 11 is 0. The van der Waals surface area contributed by atoms with Crippen LogP contribution in [0.1, 0.15) is 10.4 Å². The lowest BCUT2D eigenvalue weighted by Crippen LogP contribution is -2.29. The van der Waals surface area contributed by atoms with Gasteiger partial charge in [-0.1, -0.05) is 0 Å². The van der Waals surface area contributed by atoms with Gasteiger partial charge in [-0.3, -0.25) is 0 Å². The number of carboxylic acid groups (broad SMARTS) is 1. The molecule has 6 heteroatoms. The van der Waals surface area contributed by atoms with E-state index in [1.165, 1.54) is 4.90 Å². The number of halogens is 2. The molecule has 100 valence electrons. The zero-order valence-corrected chi connectivity index (χ0v) is 10.6. The van der Waals surface area contributed by atoms with Gasteiger partial charge < -0.3 is 14.9 Å². The molecule has 0 spiro atoms. The van der Waals surface area contributed by atoms with Crippen molar-refractivity contribution >= 4 is 11.7 Å². The van der Waals surface area contributed by atoms with Crippen molar-refractivity contribution in [2.45, 2.75) is 0 Å². The number of hydrogen-bond acceptors (Lipinski definition) is 3. The second kappa shape index (κ2) is 5.77. The number of carboxylic acids is 1. The van der Waals surface area contributed by atoms with Crippen molar-refractivity contribution in [3.63, 3.8) is 0 Å². The maximum absolute atomic E-state index is 13.7. The number of anilines is 1. The van der Waals surface area contributed by atoms with E-state index in [9.17, 15) is 13.6 Å². The van der Waals surface area contributed by atoms with Crippen molar-refractivity contribution in [1.29, 1.82) is 0 Å². The van der Waals surface area contributed by atoms with E-state index in [1.54, 1.807) is 7.05 Å². The minimum Gasteiger partial charge on any atom is -0.478 e. The molecule has 0 atom stereocenters. The third kappa shape index (κ3) is 3.40. The van der Waals surface area contributed by atoms with Crippen LogP contribution in [0.5, 0.6) is 0 Å². The predicted octanol–water partition coefficient (Wildman–Crippen LogP) is 1.66. The molecule has 1 aromatic carbocycles. The maximum Gasteiger partial charge on any atom is 0.335 e. The summed E-state index contributed by atoms with van der Waals surface area (Å²) in [5, 5.41) is 8.69. The SMILES string of the molecule is CN(C)CCN(C)c1c(F)cc(C(=O)O)cc1F. The van der Waals surface area contributed by atoms with Gasteiger partial charge in [0, 0.05) is 20.1 Å². The quantitative estimate of drug-likeness (QED) is 0.872. The average Bonchev–Trinajstić information content (AvgIpc) is 2.25. The molecular weight excluding hydrogens is 242 g/mol. The lowest BCUT2D eigenvalue weighted by atomic mass is 10.1.